The number of pyridine rings is 1. The summed E-state index contributed by atoms with van der Waals surface area (Å²) >= 11 is 0. The summed E-state index contributed by atoms with van der Waals surface area (Å²) < 4.78 is 1.57. The first-order valence-corrected chi connectivity index (χ1v) is 11.1. The number of anilines is 1. The molecule has 0 spiro atoms. The van der Waals surface area contributed by atoms with Gasteiger partial charge in [0, 0.05) is 37.9 Å². The number of carbonyl (C=O) groups excluding carboxylic acids is 2. The number of hydrogen-bond acceptors (Lipinski definition) is 4. The predicted octanol–water partition coefficient (Wildman–Crippen LogP) is 3.93. The topological polar surface area (TPSA) is 80.1 Å². The summed E-state index contributed by atoms with van der Waals surface area (Å²) in [6.07, 6.45) is 5.38. The van der Waals surface area contributed by atoms with Crippen molar-refractivity contribution in [2.24, 2.45) is 13.0 Å². The molecule has 2 aromatic carbocycles. The molecule has 0 bridgehead atoms. The molecule has 0 saturated carbocycles. The highest BCUT2D eigenvalue weighted by molar-refractivity contribution is 6.08. The van der Waals surface area contributed by atoms with E-state index < -0.39 is 0 Å². The number of hydrogen-bond donors (Lipinski definition) is 1. The summed E-state index contributed by atoms with van der Waals surface area (Å²) in [7, 11) is 1.76. The van der Waals surface area contributed by atoms with Crippen LogP contribution in [0.2, 0.25) is 0 Å². The number of aromatic nitrogens is 3. The van der Waals surface area contributed by atoms with Crippen molar-refractivity contribution in [3.63, 3.8) is 0 Å². The average Bonchev–Trinajstić information content (AvgIpc) is 3.48. The van der Waals surface area contributed by atoms with Crippen LogP contribution in [0.5, 0.6) is 0 Å². The first-order valence-electron chi connectivity index (χ1n) is 11.1. The Morgan fingerprint density at radius 1 is 1.06 bits per heavy atom. The lowest BCUT2D eigenvalue weighted by Crippen LogP contribution is -2.30. The maximum Gasteiger partial charge on any atom is 0.276 e. The Hall–Kier alpha value is -4.00. The quantitative estimate of drug-likeness (QED) is 0.511. The summed E-state index contributed by atoms with van der Waals surface area (Å²) in [6.45, 7) is 1.40. The van der Waals surface area contributed by atoms with Crippen molar-refractivity contribution in [2.75, 3.05) is 18.4 Å². The number of likely N-dealkylation sites (tertiary alicyclic amines) is 1. The number of nitrogens with one attached hydrogen (secondary N) is 1. The molecule has 1 aliphatic rings. The van der Waals surface area contributed by atoms with E-state index in [1.165, 1.54) is 10.9 Å². The molecule has 0 radical (unpaired) electrons. The van der Waals surface area contributed by atoms with E-state index in [1.807, 2.05) is 41.4 Å². The maximum absolute atomic E-state index is 13.3. The monoisotopic (exact) mass is 439 g/mol. The molecule has 1 saturated heterocycles. The lowest BCUT2D eigenvalue weighted by Gasteiger charge is -2.19. The minimum absolute atomic E-state index is 0.0611. The summed E-state index contributed by atoms with van der Waals surface area (Å²) in [5, 5.41) is 8.15. The zero-order valence-electron chi connectivity index (χ0n) is 18.4. The summed E-state index contributed by atoms with van der Waals surface area (Å²) in [5.74, 6) is -0.0104. The van der Waals surface area contributed by atoms with Crippen molar-refractivity contribution in [1.82, 2.24) is 19.7 Å². The first-order chi connectivity index (χ1) is 16.1. The lowest BCUT2D eigenvalue weighted by atomic mass is 9.96. The Morgan fingerprint density at radius 3 is 2.79 bits per heavy atom. The molecule has 7 nitrogen and oxygen atoms in total. The molecule has 1 aliphatic heterocycles. The molecule has 4 aromatic rings. The Kier molecular flexibility index (Phi) is 5.60. The summed E-state index contributed by atoms with van der Waals surface area (Å²) in [5.41, 5.74) is 3.57. The summed E-state index contributed by atoms with van der Waals surface area (Å²) in [6, 6.07) is 19.1. The van der Waals surface area contributed by atoms with Gasteiger partial charge in [-0.25, -0.2) is 0 Å². The first kappa shape index (κ1) is 20.9. The van der Waals surface area contributed by atoms with Crippen LogP contribution in [0.25, 0.3) is 10.9 Å². The van der Waals surface area contributed by atoms with Crippen molar-refractivity contribution in [2.45, 2.75) is 12.8 Å². The molecule has 3 heterocycles. The SMILES string of the molecule is Cn1ccc(C(=O)Nc2ccccc2C(=O)N2CC[C@@H](Cc3cccc4ncccc34)C2)n1. The van der Waals surface area contributed by atoms with Gasteiger partial charge >= 0.3 is 0 Å². The van der Waals surface area contributed by atoms with Crippen molar-refractivity contribution in [3.8, 4) is 0 Å². The minimum atomic E-state index is -0.334. The third kappa shape index (κ3) is 4.35. The van der Waals surface area contributed by atoms with Gasteiger partial charge in [0.2, 0.25) is 0 Å². The highest BCUT2D eigenvalue weighted by Gasteiger charge is 2.29. The second-order valence-electron chi connectivity index (χ2n) is 8.47. The van der Waals surface area contributed by atoms with Gasteiger partial charge in [-0.3, -0.25) is 19.3 Å². The molecule has 166 valence electrons. The Bertz CT molecular complexity index is 1320. The fraction of sp³-hybridized carbons (Fsp3) is 0.231. The van der Waals surface area contributed by atoms with Gasteiger partial charge in [-0.2, -0.15) is 5.10 Å². The molecule has 2 aromatic heterocycles. The zero-order valence-corrected chi connectivity index (χ0v) is 18.4. The molecule has 0 unspecified atom stereocenters. The fourth-order valence-electron chi connectivity index (χ4n) is 4.51. The molecule has 1 atom stereocenters. The van der Waals surface area contributed by atoms with Crippen LogP contribution in [-0.2, 0) is 13.5 Å². The number of rotatable bonds is 5. The molecule has 1 N–H and O–H groups in total. The average molecular weight is 440 g/mol. The predicted molar refractivity (Wildman–Crippen MR) is 127 cm³/mol. The van der Waals surface area contributed by atoms with Crippen LogP contribution in [0.15, 0.2) is 73.1 Å². The van der Waals surface area contributed by atoms with E-state index in [4.69, 9.17) is 0 Å². The van der Waals surface area contributed by atoms with Crippen LogP contribution in [-0.4, -0.2) is 44.6 Å². The molecule has 1 fully saturated rings. The van der Waals surface area contributed by atoms with Crippen molar-refractivity contribution >= 4 is 28.4 Å². The number of fused-ring (bicyclic) bond motifs is 1. The Labute approximate surface area is 192 Å². The second kappa shape index (κ2) is 8.86. The molecule has 2 amide bonds. The van der Waals surface area contributed by atoms with Crippen molar-refractivity contribution in [1.29, 1.82) is 0 Å². The van der Waals surface area contributed by atoms with Gasteiger partial charge in [-0.1, -0.05) is 30.3 Å². The number of para-hydroxylation sites is 1. The number of nitrogens with zero attached hydrogens (tertiary/aromatic N) is 4. The molecule has 7 heteroatoms. The highest BCUT2D eigenvalue weighted by Crippen LogP contribution is 2.27. The van der Waals surface area contributed by atoms with Crippen molar-refractivity contribution in [3.05, 3.63) is 89.9 Å². The summed E-state index contributed by atoms with van der Waals surface area (Å²) in [4.78, 5) is 32.3. The van der Waals surface area contributed by atoms with E-state index in [9.17, 15) is 9.59 Å². The largest absolute Gasteiger partial charge is 0.338 e. The maximum atomic E-state index is 13.3. The second-order valence-corrected chi connectivity index (χ2v) is 8.47. The number of benzene rings is 2. The highest BCUT2D eigenvalue weighted by atomic mass is 16.2. The molecule has 0 aliphatic carbocycles. The van der Waals surface area contributed by atoms with Gasteiger partial charge in [-0.15, -0.1) is 0 Å². The fourth-order valence-corrected chi connectivity index (χ4v) is 4.51. The minimum Gasteiger partial charge on any atom is -0.338 e. The Morgan fingerprint density at radius 2 is 1.94 bits per heavy atom. The van der Waals surface area contributed by atoms with Gasteiger partial charge in [0.1, 0.15) is 0 Å². The molecule has 5 rings (SSSR count). The van der Waals surface area contributed by atoms with E-state index in [2.05, 4.69) is 27.5 Å². The number of aryl methyl sites for hydroxylation is 1. The zero-order chi connectivity index (χ0) is 22.8. The van der Waals surface area contributed by atoms with Crippen LogP contribution in [0.3, 0.4) is 0 Å². The number of carbonyl (C=O) groups is 2. The van der Waals surface area contributed by atoms with Gasteiger partial charge < -0.3 is 10.2 Å². The Balaban J connectivity index is 1.29. The van der Waals surface area contributed by atoms with Gasteiger partial charge in [0.25, 0.3) is 11.8 Å². The van der Waals surface area contributed by atoms with Crippen LogP contribution < -0.4 is 5.32 Å². The molecule has 33 heavy (non-hydrogen) atoms. The lowest BCUT2D eigenvalue weighted by molar-refractivity contribution is 0.0788. The van der Waals surface area contributed by atoms with E-state index in [0.717, 1.165) is 18.4 Å². The van der Waals surface area contributed by atoms with Crippen LogP contribution in [0.1, 0.15) is 32.8 Å². The van der Waals surface area contributed by atoms with Crippen molar-refractivity contribution < 1.29 is 9.59 Å². The molecular formula is C26H25N5O2. The van der Waals surface area contributed by atoms with E-state index >= 15 is 0 Å². The third-order valence-corrected chi connectivity index (χ3v) is 6.17. The smallest absolute Gasteiger partial charge is 0.276 e. The van der Waals surface area contributed by atoms with E-state index in [1.54, 1.807) is 36.1 Å². The van der Waals surface area contributed by atoms with Crippen LogP contribution in [0.4, 0.5) is 5.69 Å². The van der Waals surface area contributed by atoms with Gasteiger partial charge in [0.05, 0.1) is 16.8 Å². The van der Waals surface area contributed by atoms with E-state index in [-0.39, 0.29) is 11.8 Å². The van der Waals surface area contributed by atoms with E-state index in [0.29, 0.717) is 36.0 Å². The van der Waals surface area contributed by atoms with Gasteiger partial charge in [0.15, 0.2) is 5.69 Å². The normalized spacial score (nSPS) is 15.7. The number of amides is 2. The van der Waals surface area contributed by atoms with Crippen LogP contribution in [0, 0.1) is 5.92 Å². The standard InChI is InChI=1S/C26H25N5O2/c1-30-14-12-24(29-30)25(32)28-23-9-3-2-7-21(23)26(33)31-15-11-18(17-31)16-19-6-4-10-22-20(19)8-5-13-27-22/h2-10,12-14,18H,11,15-17H2,1H3,(H,28,32)/t18-/m0/s1. The van der Waals surface area contributed by atoms with Crippen LogP contribution >= 0.6 is 0 Å². The van der Waals surface area contributed by atoms with Gasteiger partial charge in [-0.05, 0) is 54.7 Å². The molecular weight excluding hydrogens is 414 g/mol. The third-order valence-electron chi connectivity index (χ3n) is 6.17.